The highest BCUT2D eigenvalue weighted by Gasteiger charge is 2.17. The highest BCUT2D eigenvalue weighted by atomic mass is 16.1. The average molecular weight is 184 g/mol. The van der Waals surface area contributed by atoms with Crippen LogP contribution in [0.15, 0.2) is 12.7 Å². The number of nitrogens with one attached hydrogen (secondary N) is 1. The summed E-state index contributed by atoms with van der Waals surface area (Å²) in [5.41, 5.74) is 0. The maximum absolute atomic E-state index is 11.1. The van der Waals surface area contributed by atoms with Crippen LogP contribution in [0.2, 0.25) is 0 Å². The lowest BCUT2D eigenvalue weighted by Crippen LogP contribution is -2.47. The Hall–Kier alpha value is -0.830. The van der Waals surface area contributed by atoms with Gasteiger partial charge in [0.05, 0.1) is 0 Å². The zero-order valence-corrected chi connectivity index (χ0v) is 9.00. The first kappa shape index (κ1) is 12.2. The molecule has 0 aliphatic carbocycles. The number of nitrogens with zero attached hydrogens (tertiary/aromatic N) is 1. The molecular formula is C10H20N2O. The molecule has 0 saturated carbocycles. The van der Waals surface area contributed by atoms with Crippen LogP contribution in [0.5, 0.6) is 0 Å². The van der Waals surface area contributed by atoms with Crippen molar-refractivity contribution >= 4 is 5.91 Å². The van der Waals surface area contributed by atoms with Crippen molar-refractivity contribution in [3.8, 4) is 0 Å². The van der Waals surface area contributed by atoms with Crippen LogP contribution in [0.1, 0.15) is 20.3 Å². The van der Waals surface area contributed by atoms with Crippen molar-refractivity contribution in [3.63, 3.8) is 0 Å². The van der Waals surface area contributed by atoms with E-state index >= 15 is 0 Å². The van der Waals surface area contributed by atoms with Crippen molar-refractivity contribution in [2.24, 2.45) is 0 Å². The van der Waals surface area contributed by atoms with Crippen molar-refractivity contribution < 1.29 is 4.79 Å². The molecule has 3 nitrogen and oxygen atoms in total. The van der Waals surface area contributed by atoms with Crippen LogP contribution < -0.4 is 5.32 Å². The van der Waals surface area contributed by atoms with E-state index in [1.807, 2.05) is 14.1 Å². The molecule has 1 amide bonds. The number of hydrogen-bond donors (Lipinski definition) is 1. The van der Waals surface area contributed by atoms with Crippen LogP contribution in [0.3, 0.4) is 0 Å². The standard InChI is InChI=1S/C10H20N2O/c1-6-9(8(3)12(4)5)11-10(13)7-2/h7-9H,2,6H2,1,3-5H3,(H,11,13). The number of hydrogen-bond acceptors (Lipinski definition) is 2. The molecule has 1 N–H and O–H groups in total. The first-order valence-corrected chi connectivity index (χ1v) is 4.62. The van der Waals surface area contributed by atoms with Crippen LogP contribution >= 0.6 is 0 Å². The van der Waals surface area contributed by atoms with Gasteiger partial charge in [-0.3, -0.25) is 4.79 Å². The van der Waals surface area contributed by atoms with Crippen molar-refractivity contribution in [2.45, 2.75) is 32.4 Å². The fourth-order valence-electron chi connectivity index (χ4n) is 1.17. The molecule has 0 heterocycles. The highest BCUT2D eigenvalue weighted by molar-refractivity contribution is 5.87. The lowest BCUT2D eigenvalue weighted by Gasteiger charge is -2.28. The maximum Gasteiger partial charge on any atom is 0.243 e. The molecule has 2 unspecified atom stereocenters. The average Bonchev–Trinajstić information content (AvgIpc) is 2.12. The smallest absolute Gasteiger partial charge is 0.243 e. The van der Waals surface area contributed by atoms with E-state index in [9.17, 15) is 4.79 Å². The molecule has 0 aromatic heterocycles. The first-order chi connectivity index (χ1) is 6.02. The molecular weight excluding hydrogens is 164 g/mol. The third-order valence-corrected chi connectivity index (χ3v) is 2.35. The Balaban J connectivity index is 4.16. The van der Waals surface area contributed by atoms with Crippen LogP contribution in [-0.4, -0.2) is 37.0 Å². The molecule has 3 heteroatoms. The second kappa shape index (κ2) is 5.75. The summed E-state index contributed by atoms with van der Waals surface area (Å²) in [4.78, 5) is 13.2. The molecule has 0 fully saturated rings. The molecule has 0 aromatic rings. The number of rotatable bonds is 5. The van der Waals surface area contributed by atoms with Gasteiger partial charge in [-0.15, -0.1) is 0 Å². The predicted octanol–water partition coefficient (Wildman–Crippen LogP) is 1.02. The van der Waals surface area contributed by atoms with Crippen LogP contribution in [-0.2, 0) is 4.79 Å². The molecule has 2 atom stereocenters. The van der Waals surface area contributed by atoms with E-state index in [4.69, 9.17) is 0 Å². The Kier molecular flexibility index (Phi) is 5.39. The third-order valence-electron chi connectivity index (χ3n) is 2.35. The van der Waals surface area contributed by atoms with Gasteiger partial charge in [0, 0.05) is 12.1 Å². The number of likely N-dealkylation sites (N-methyl/N-ethyl adjacent to an activating group) is 1. The second-order valence-corrected chi connectivity index (χ2v) is 3.43. The molecule has 0 saturated heterocycles. The molecule has 0 aromatic carbocycles. The van der Waals surface area contributed by atoms with Crippen LogP contribution in [0.4, 0.5) is 0 Å². The molecule has 13 heavy (non-hydrogen) atoms. The van der Waals surface area contributed by atoms with E-state index in [1.54, 1.807) is 0 Å². The Labute approximate surface area is 80.8 Å². The second-order valence-electron chi connectivity index (χ2n) is 3.43. The molecule has 0 aliphatic heterocycles. The van der Waals surface area contributed by atoms with Gasteiger partial charge in [-0.05, 0) is 33.5 Å². The fourth-order valence-corrected chi connectivity index (χ4v) is 1.17. The number of carbonyl (C=O) groups excluding carboxylic acids is 1. The highest BCUT2D eigenvalue weighted by Crippen LogP contribution is 2.03. The summed E-state index contributed by atoms with van der Waals surface area (Å²) in [5.74, 6) is -0.0967. The minimum Gasteiger partial charge on any atom is -0.348 e. The monoisotopic (exact) mass is 184 g/mol. The van der Waals surface area contributed by atoms with E-state index in [2.05, 4.69) is 30.6 Å². The van der Waals surface area contributed by atoms with Gasteiger partial charge in [0.25, 0.3) is 0 Å². The lowest BCUT2D eigenvalue weighted by molar-refractivity contribution is -0.117. The van der Waals surface area contributed by atoms with E-state index in [0.717, 1.165) is 6.42 Å². The van der Waals surface area contributed by atoms with Gasteiger partial charge in [-0.1, -0.05) is 13.5 Å². The van der Waals surface area contributed by atoms with E-state index in [1.165, 1.54) is 6.08 Å². The minimum absolute atomic E-state index is 0.0967. The van der Waals surface area contributed by atoms with Crippen molar-refractivity contribution in [1.29, 1.82) is 0 Å². The van der Waals surface area contributed by atoms with E-state index in [0.29, 0.717) is 6.04 Å². The summed E-state index contributed by atoms with van der Waals surface area (Å²) in [5, 5.41) is 2.90. The SMILES string of the molecule is C=CC(=O)NC(CC)C(C)N(C)C. The summed E-state index contributed by atoms with van der Waals surface area (Å²) in [7, 11) is 4.01. The summed E-state index contributed by atoms with van der Waals surface area (Å²) in [6.45, 7) is 7.58. The quantitative estimate of drug-likeness (QED) is 0.647. The summed E-state index contributed by atoms with van der Waals surface area (Å²) in [6.07, 6.45) is 2.24. The summed E-state index contributed by atoms with van der Waals surface area (Å²) >= 11 is 0. The molecule has 0 radical (unpaired) electrons. The van der Waals surface area contributed by atoms with Crippen molar-refractivity contribution in [3.05, 3.63) is 12.7 Å². The molecule has 0 rings (SSSR count). The van der Waals surface area contributed by atoms with Gasteiger partial charge in [0.1, 0.15) is 0 Å². The minimum atomic E-state index is -0.0967. The number of carbonyl (C=O) groups is 1. The zero-order chi connectivity index (χ0) is 10.4. The zero-order valence-electron chi connectivity index (χ0n) is 9.00. The lowest BCUT2D eigenvalue weighted by atomic mass is 10.1. The van der Waals surface area contributed by atoms with Crippen molar-refractivity contribution in [2.75, 3.05) is 14.1 Å². The van der Waals surface area contributed by atoms with Gasteiger partial charge in [0.15, 0.2) is 0 Å². The van der Waals surface area contributed by atoms with E-state index < -0.39 is 0 Å². The predicted molar refractivity (Wildman–Crippen MR) is 55.6 cm³/mol. The molecule has 76 valence electrons. The summed E-state index contributed by atoms with van der Waals surface area (Å²) < 4.78 is 0. The number of amides is 1. The van der Waals surface area contributed by atoms with Crippen LogP contribution in [0.25, 0.3) is 0 Å². The normalized spacial score (nSPS) is 15.2. The van der Waals surface area contributed by atoms with Gasteiger partial charge in [-0.25, -0.2) is 0 Å². The molecule has 0 bridgehead atoms. The Bertz CT molecular complexity index is 178. The van der Waals surface area contributed by atoms with Gasteiger partial charge >= 0.3 is 0 Å². The Morgan fingerprint density at radius 1 is 1.62 bits per heavy atom. The molecule has 0 spiro atoms. The van der Waals surface area contributed by atoms with Crippen molar-refractivity contribution in [1.82, 2.24) is 10.2 Å². The Morgan fingerprint density at radius 2 is 2.15 bits per heavy atom. The van der Waals surface area contributed by atoms with Gasteiger partial charge < -0.3 is 10.2 Å². The van der Waals surface area contributed by atoms with Gasteiger partial charge in [-0.2, -0.15) is 0 Å². The first-order valence-electron chi connectivity index (χ1n) is 4.62. The third kappa shape index (κ3) is 4.08. The topological polar surface area (TPSA) is 32.3 Å². The molecule has 0 aliphatic rings. The fraction of sp³-hybridized carbons (Fsp3) is 0.700. The van der Waals surface area contributed by atoms with Crippen LogP contribution in [0, 0.1) is 0 Å². The van der Waals surface area contributed by atoms with E-state index in [-0.39, 0.29) is 11.9 Å². The summed E-state index contributed by atoms with van der Waals surface area (Å²) in [6, 6.07) is 0.536. The Morgan fingerprint density at radius 3 is 2.46 bits per heavy atom. The van der Waals surface area contributed by atoms with Gasteiger partial charge in [0.2, 0.25) is 5.91 Å². The largest absolute Gasteiger partial charge is 0.348 e. The maximum atomic E-state index is 11.1.